The van der Waals surface area contributed by atoms with E-state index in [0.717, 1.165) is 19.5 Å². The number of nitrogens with one attached hydrogen (secondary N) is 1. The Balaban J connectivity index is 1.35. The van der Waals surface area contributed by atoms with Gasteiger partial charge < -0.3 is 14.6 Å². The smallest absolute Gasteiger partial charge is 0.227 e. The van der Waals surface area contributed by atoms with Crippen LogP contribution in [0.4, 0.5) is 0 Å². The topological polar surface area (TPSA) is 60.2 Å². The van der Waals surface area contributed by atoms with Crippen molar-refractivity contribution in [2.75, 3.05) is 13.1 Å². The second-order valence-electron chi connectivity index (χ2n) is 5.81. The summed E-state index contributed by atoms with van der Waals surface area (Å²) < 4.78 is 11.3. The minimum Gasteiger partial charge on any atom is -0.370 e. The van der Waals surface area contributed by atoms with Gasteiger partial charge in [0.2, 0.25) is 5.89 Å². The van der Waals surface area contributed by atoms with Crippen LogP contribution in [0.25, 0.3) is 0 Å². The number of aromatic nitrogens is 2. The van der Waals surface area contributed by atoms with E-state index >= 15 is 0 Å². The van der Waals surface area contributed by atoms with Crippen molar-refractivity contribution < 1.29 is 9.26 Å². The maximum absolute atomic E-state index is 6.31. The van der Waals surface area contributed by atoms with Crippen LogP contribution >= 0.6 is 0 Å². The highest BCUT2D eigenvalue weighted by Crippen LogP contribution is 2.41. The molecule has 2 heterocycles. The van der Waals surface area contributed by atoms with Crippen molar-refractivity contribution >= 4 is 0 Å². The van der Waals surface area contributed by atoms with Gasteiger partial charge in [-0.25, -0.2) is 0 Å². The predicted octanol–water partition coefficient (Wildman–Crippen LogP) is 2.08. The van der Waals surface area contributed by atoms with E-state index in [1.165, 1.54) is 51.3 Å². The summed E-state index contributed by atoms with van der Waals surface area (Å²) in [5, 5.41) is 7.03. The Morgan fingerprint density at radius 3 is 2.95 bits per heavy atom. The monoisotopic (exact) mass is 265 g/mol. The van der Waals surface area contributed by atoms with Crippen LogP contribution in [0.5, 0.6) is 0 Å². The van der Waals surface area contributed by atoms with Crippen molar-refractivity contribution in [1.29, 1.82) is 0 Å². The molecule has 1 aliphatic carbocycles. The third kappa shape index (κ3) is 3.34. The fourth-order valence-electron chi connectivity index (χ4n) is 3.37. The van der Waals surface area contributed by atoms with E-state index in [0.29, 0.717) is 12.0 Å². The molecule has 19 heavy (non-hydrogen) atoms. The molecular weight excluding hydrogens is 242 g/mol. The quantitative estimate of drug-likeness (QED) is 0.826. The van der Waals surface area contributed by atoms with Crippen molar-refractivity contribution in [3.8, 4) is 0 Å². The second-order valence-corrected chi connectivity index (χ2v) is 5.81. The maximum atomic E-state index is 6.31. The molecule has 0 aromatic carbocycles. The van der Waals surface area contributed by atoms with Crippen LogP contribution in [0.3, 0.4) is 0 Å². The van der Waals surface area contributed by atoms with Crippen molar-refractivity contribution in [2.45, 2.75) is 63.1 Å². The minimum atomic E-state index is 0.233. The Morgan fingerprint density at radius 2 is 2.16 bits per heavy atom. The fraction of sp³-hybridized carbons (Fsp3) is 0.857. The lowest BCUT2D eigenvalue weighted by Gasteiger charge is -2.33. The zero-order valence-electron chi connectivity index (χ0n) is 11.4. The molecule has 2 aliphatic rings. The van der Waals surface area contributed by atoms with Gasteiger partial charge in [-0.1, -0.05) is 24.4 Å². The average molecular weight is 265 g/mol. The molecule has 0 bridgehead atoms. The van der Waals surface area contributed by atoms with Gasteiger partial charge in [0.05, 0.1) is 11.7 Å². The molecule has 5 nitrogen and oxygen atoms in total. The molecule has 1 spiro atoms. The molecule has 1 N–H and O–H groups in total. The van der Waals surface area contributed by atoms with Gasteiger partial charge in [-0.05, 0) is 25.7 Å². The summed E-state index contributed by atoms with van der Waals surface area (Å²) in [6, 6.07) is 0. The molecule has 1 saturated heterocycles. The van der Waals surface area contributed by atoms with E-state index in [1.54, 1.807) is 0 Å². The zero-order valence-corrected chi connectivity index (χ0v) is 11.4. The summed E-state index contributed by atoms with van der Waals surface area (Å²) in [6.07, 6.45) is 11.7. The summed E-state index contributed by atoms with van der Waals surface area (Å²) in [5.41, 5.74) is 0.233. The van der Waals surface area contributed by atoms with Gasteiger partial charge in [0, 0.05) is 19.5 Å². The first-order valence-corrected chi connectivity index (χ1v) is 7.50. The first-order chi connectivity index (χ1) is 9.36. The lowest BCUT2D eigenvalue weighted by Crippen LogP contribution is -2.35. The Morgan fingerprint density at radius 1 is 1.26 bits per heavy atom. The Bertz CT molecular complexity index is 374. The van der Waals surface area contributed by atoms with Crippen LogP contribution in [0.2, 0.25) is 0 Å². The summed E-state index contributed by atoms with van der Waals surface area (Å²) in [5.74, 6) is 0.698. The normalized spacial score (nSPS) is 26.0. The van der Waals surface area contributed by atoms with Crippen molar-refractivity contribution in [1.82, 2.24) is 15.5 Å². The minimum absolute atomic E-state index is 0.233. The number of hydrogen-bond donors (Lipinski definition) is 1. The average Bonchev–Trinajstić information content (AvgIpc) is 3.07. The SMILES string of the molecule is c1noc(CCNCC2CCC3(CCCCC3)O2)n1. The number of nitrogens with zero attached hydrogens (tertiary/aromatic N) is 2. The summed E-state index contributed by atoms with van der Waals surface area (Å²) in [4.78, 5) is 4.00. The van der Waals surface area contributed by atoms with Crippen LogP contribution in [-0.4, -0.2) is 34.9 Å². The molecule has 1 aliphatic heterocycles. The molecule has 1 unspecified atom stereocenters. The van der Waals surface area contributed by atoms with Crippen LogP contribution in [0.15, 0.2) is 10.9 Å². The highest BCUT2D eigenvalue weighted by molar-refractivity contribution is 4.91. The van der Waals surface area contributed by atoms with Crippen molar-refractivity contribution in [3.63, 3.8) is 0 Å². The van der Waals surface area contributed by atoms with E-state index in [4.69, 9.17) is 9.26 Å². The molecular formula is C14H23N3O2. The number of rotatable bonds is 5. The van der Waals surface area contributed by atoms with Gasteiger partial charge in [-0.3, -0.25) is 0 Å². The molecule has 1 saturated carbocycles. The highest BCUT2D eigenvalue weighted by atomic mass is 16.5. The molecule has 1 atom stereocenters. The van der Waals surface area contributed by atoms with Crippen LogP contribution < -0.4 is 5.32 Å². The number of ether oxygens (including phenoxy) is 1. The molecule has 3 rings (SSSR count). The highest BCUT2D eigenvalue weighted by Gasteiger charge is 2.40. The first-order valence-electron chi connectivity index (χ1n) is 7.50. The van der Waals surface area contributed by atoms with Gasteiger partial charge in [-0.15, -0.1) is 0 Å². The van der Waals surface area contributed by atoms with E-state index in [-0.39, 0.29) is 5.60 Å². The van der Waals surface area contributed by atoms with Gasteiger partial charge in [-0.2, -0.15) is 4.98 Å². The number of hydrogen-bond acceptors (Lipinski definition) is 5. The van der Waals surface area contributed by atoms with Gasteiger partial charge in [0.15, 0.2) is 6.33 Å². The third-order valence-corrected chi connectivity index (χ3v) is 4.40. The molecule has 0 radical (unpaired) electrons. The largest absolute Gasteiger partial charge is 0.370 e. The first kappa shape index (κ1) is 13.1. The Labute approximate surface area is 114 Å². The Hall–Kier alpha value is -0.940. The maximum Gasteiger partial charge on any atom is 0.227 e. The van der Waals surface area contributed by atoms with Gasteiger partial charge in [0.1, 0.15) is 0 Å². The summed E-state index contributed by atoms with van der Waals surface area (Å²) in [6.45, 7) is 1.81. The van der Waals surface area contributed by atoms with E-state index in [2.05, 4.69) is 15.5 Å². The summed E-state index contributed by atoms with van der Waals surface area (Å²) >= 11 is 0. The van der Waals surface area contributed by atoms with Crippen molar-refractivity contribution in [3.05, 3.63) is 12.2 Å². The molecule has 1 aromatic heterocycles. The van der Waals surface area contributed by atoms with E-state index < -0.39 is 0 Å². The van der Waals surface area contributed by atoms with E-state index in [1.807, 2.05) is 0 Å². The zero-order chi connectivity index (χ0) is 13.0. The lowest BCUT2D eigenvalue weighted by molar-refractivity contribution is -0.0622. The molecule has 106 valence electrons. The molecule has 0 amide bonds. The lowest BCUT2D eigenvalue weighted by atomic mass is 9.83. The molecule has 2 fully saturated rings. The second kappa shape index (κ2) is 6.01. The molecule has 5 heteroatoms. The van der Waals surface area contributed by atoms with Crippen LogP contribution in [0.1, 0.15) is 50.8 Å². The predicted molar refractivity (Wildman–Crippen MR) is 70.8 cm³/mol. The van der Waals surface area contributed by atoms with Crippen LogP contribution in [0, 0.1) is 0 Å². The third-order valence-electron chi connectivity index (χ3n) is 4.40. The summed E-state index contributed by atoms with van der Waals surface area (Å²) in [7, 11) is 0. The fourth-order valence-corrected chi connectivity index (χ4v) is 3.37. The van der Waals surface area contributed by atoms with Crippen molar-refractivity contribution in [2.24, 2.45) is 0 Å². The molecule has 1 aromatic rings. The van der Waals surface area contributed by atoms with E-state index in [9.17, 15) is 0 Å². The van der Waals surface area contributed by atoms with Gasteiger partial charge >= 0.3 is 0 Å². The van der Waals surface area contributed by atoms with Crippen LogP contribution in [-0.2, 0) is 11.2 Å². The van der Waals surface area contributed by atoms with Gasteiger partial charge in [0.25, 0.3) is 0 Å². The Kier molecular flexibility index (Phi) is 4.13. The standard InChI is InChI=1S/C14H23N3O2/c1-2-6-14(7-3-1)8-4-12(18-14)10-15-9-5-13-16-11-17-19-13/h11-12,15H,1-10H2.